The lowest BCUT2D eigenvalue weighted by atomic mass is 9.98. The molecule has 0 spiro atoms. The van der Waals surface area contributed by atoms with Crippen LogP contribution < -0.4 is 5.32 Å². The predicted octanol–water partition coefficient (Wildman–Crippen LogP) is 5.77. The Kier molecular flexibility index (Phi) is 5.79. The Hall–Kier alpha value is -2.83. The third kappa shape index (κ3) is 3.93. The summed E-state index contributed by atoms with van der Waals surface area (Å²) >= 11 is 9.32. The van der Waals surface area contributed by atoms with E-state index in [1.807, 2.05) is 48.5 Å². The van der Waals surface area contributed by atoms with E-state index in [0.717, 1.165) is 22.3 Å². The summed E-state index contributed by atoms with van der Waals surface area (Å²) in [4.78, 5) is 24.1. The molecule has 0 saturated heterocycles. The van der Waals surface area contributed by atoms with Crippen molar-refractivity contribution in [1.82, 2.24) is 5.32 Å². The average Bonchev–Trinajstić information content (AvgIpc) is 3.06. The number of hydrogen-bond acceptors (Lipinski definition) is 3. The van der Waals surface area contributed by atoms with E-state index in [2.05, 4.69) is 21.2 Å². The Morgan fingerprint density at radius 2 is 1.63 bits per heavy atom. The number of carbonyl (C=O) groups excluding carboxylic acids is 1. The number of fused-ring (bicyclic) bond motifs is 3. The number of alkyl carbamates (subject to hydrolysis) is 1. The molecule has 3 aromatic rings. The molecule has 4 rings (SSSR count). The standard InChI is InChI=1S/C23H17BrClNO4/c24-19-10-9-13(11-20(19)25)21(22(27)28)26-23(29)30-12-18-16-7-3-1-5-14(16)15-6-2-4-8-17(15)18/h1-11,18,21H,12H2,(H,26,29)(H,27,28). The molecule has 1 amide bonds. The highest BCUT2D eigenvalue weighted by atomic mass is 79.9. The first-order valence-electron chi connectivity index (χ1n) is 9.25. The third-order valence-electron chi connectivity index (χ3n) is 5.13. The van der Waals surface area contributed by atoms with Crippen molar-refractivity contribution in [1.29, 1.82) is 0 Å². The molecule has 0 fully saturated rings. The molecular weight excluding hydrogens is 470 g/mol. The highest BCUT2D eigenvalue weighted by Gasteiger charge is 2.30. The van der Waals surface area contributed by atoms with E-state index < -0.39 is 18.1 Å². The van der Waals surface area contributed by atoms with Crippen molar-refractivity contribution >= 4 is 39.6 Å². The number of carbonyl (C=O) groups is 2. The number of amides is 1. The molecular formula is C23H17BrClNO4. The Balaban J connectivity index is 1.49. The van der Waals surface area contributed by atoms with Gasteiger partial charge in [0.05, 0.1) is 5.02 Å². The van der Waals surface area contributed by atoms with Crippen molar-refractivity contribution in [3.8, 4) is 11.1 Å². The number of hydrogen-bond donors (Lipinski definition) is 2. The molecule has 0 bridgehead atoms. The van der Waals surface area contributed by atoms with Gasteiger partial charge in [0.2, 0.25) is 0 Å². The lowest BCUT2D eigenvalue weighted by molar-refractivity contribution is -0.139. The molecule has 1 aliphatic carbocycles. The zero-order valence-corrected chi connectivity index (χ0v) is 18.0. The fraction of sp³-hybridized carbons (Fsp3) is 0.130. The highest BCUT2D eigenvalue weighted by Crippen LogP contribution is 2.44. The number of rotatable bonds is 5. The van der Waals surface area contributed by atoms with Gasteiger partial charge in [-0.05, 0) is 55.9 Å². The van der Waals surface area contributed by atoms with Crippen LogP contribution in [0.2, 0.25) is 5.02 Å². The number of benzene rings is 3. The smallest absolute Gasteiger partial charge is 0.408 e. The minimum atomic E-state index is -1.27. The molecule has 0 radical (unpaired) electrons. The minimum absolute atomic E-state index is 0.103. The molecule has 0 heterocycles. The number of halogens is 2. The van der Waals surface area contributed by atoms with Crippen molar-refractivity contribution < 1.29 is 19.4 Å². The van der Waals surface area contributed by atoms with Gasteiger partial charge in [0, 0.05) is 10.4 Å². The predicted molar refractivity (Wildman–Crippen MR) is 118 cm³/mol. The fourth-order valence-corrected chi connectivity index (χ4v) is 4.17. The zero-order valence-electron chi connectivity index (χ0n) is 15.6. The molecule has 1 aliphatic rings. The molecule has 0 aliphatic heterocycles. The Morgan fingerprint density at radius 3 is 2.20 bits per heavy atom. The monoisotopic (exact) mass is 485 g/mol. The van der Waals surface area contributed by atoms with Crippen LogP contribution in [0.15, 0.2) is 71.2 Å². The van der Waals surface area contributed by atoms with Crippen LogP contribution in [0.4, 0.5) is 4.79 Å². The fourth-order valence-electron chi connectivity index (χ4n) is 3.74. The molecule has 5 nitrogen and oxygen atoms in total. The maximum atomic E-state index is 12.4. The molecule has 30 heavy (non-hydrogen) atoms. The van der Waals surface area contributed by atoms with Crippen LogP contribution in [0.1, 0.15) is 28.7 Å². The Morgan fingerprint density at radius 1 is 1.03 bits per heavy atom. The van der Waals surface area contributed by atoms with Gasteiger partial charge < -0.3 is 15.2 Å². The van der Waals surface area contributed by atoms with E-state index in [1.165, 1.54) is 6.07 Å². The summed E-state index contributed by atoms with van der Waals surface area (Å²) in [6, 6.07) is 19.4. The largest absolute Gasteiger partial charge is 0.479 e. The van der Waals surface area contributed by atoms with Crippen LogP contribution in [-0.4, -0.2) is 23.8 Å². The molecule has 152 valence electrons. The van der Waals surface area contributed by atoms with Crippen molar-refractivity contribution in [2.75, 3.05) is 6.61 Å². The minimum Gasteiger partial charge on any atom is -0.479 e. The van der Waals surface area contributed by atoms with Crippen LogP contribution in [-0.2, 0) is 9.53 Å². The molecule has 0 saturated carbocycles. The van der Waals surface area contributed by atoms with Gasteiger partial charge in [-0.2, -0.15) is 0 Å². The van der Waals surface area contributed by atoms with Gasteiger partial charge in [0.15, 0.2) is 6.04 Å². The number of carboxylic acid groups (broad SMARTS) is 1. The van der Waals surface area contributed by atoms with E-state index in [-0.39, 0.29) is 12.5 Å². The van der Waals surface area contributed by atoms with Crippen LogP contribution in [0.25, 0.3) is 11.1 Å². The first-order chi connectivity index (χ1) is 14.5. The van der Waals surface area contributed by atoms with Crippen molar-refractivity contribution in [2.45, 2.75) is 12.0 Å². The molecule has 0 aromatic heterocycles. The third-order valence-corrected chi connectivity index (χ3v) is 6.36. The van der Waals surface area contributed by atoms with Gasteiger partial charge >= 0.3 is 12.1 Å². The van der Waals surface area contributed by atoms with E-state index >= 15 is 0 Å². The van der Waals surface area contributed by atoms with Crippen LogP contribution >= 0.6 is 27.5 Å². The van der Waals surface area contributed by atoms with Gasteiger partial charge in [-0.25, -0.2) is 9.59 Å². The summed E-state index contributed by atoms with van der Waals surface area (Å²) in [6.45, 7) is 0.104. The lowest BCUT2D eigenvalue weighted by Crippen LogP contribution is -2.34. The molecule has 1 unspecified atom stereocenters. The van der Waals surface area contributed by atoms with Crippen LogP contribution in [0.3, 0.4) is 0 Å². The van der Waals surface area contributed by atoms with Crippen molar-refractivity contribution in [3.63, 3.8) is 0 Å². The van der Waals surface area contributed by atoms with Crippen molar-refractivity contribution in [2.24, 2.45) is 0 Å². The summed E-state index contributed by atoms with van der Waals surface area (Å²) in [5.41, 5.74) is 4.76. The SMILES string of the molecule is O=C(NC(C(=O)O)c1ccc(Br)c(Cl)c1)OCC1c2ccccc2-c2ccccc21. The Labute approximate surface area is 186 Å². The van der Waals surface area contributed by atoms with E-state index in [0.29, 0.717) is 15.1 Å². The maximum Gasteiger partial charge on any atom is 0.408 e. The average molecular weight is 487 g/mol. The van der Waals surface area contributed by atoms with Crippen molar-refractivity contribution in [3.05, 3.63) is 92.9 Å². The summed E-state index contributed by atoms with van der Waals surface area (Å²) in [5, 5.41) is 12.3. The first-order valence-corrected chi connectivity index (χ1v) is 10.4. The second kappa shape index (κ2) is 8.50. The van der Waals surface area contributed by atoms with E-state index in [1.54, 1.807) is 12.1 Å². The quantitative estimate of drug-likeness (QED) is 0.480. The van der Waals surface area contributed by atoms with Gasteiger partial charge in [-0.1, -0.05) is 66.2 Å². The second-order valence-electron chi connectivity index (χ2n) is 6.91. The maximum absolute atomic E-state index is 12.4. The van der Waals surface area contributed by atoms with Gasteiger partial charge in [0.25, 0.3) is 0 Å². The topological polar surface area (TPSA) is 75.6 Å². The number of aliphatic carboxylic acids is 1. The number of nitrogens with one attached hydrogen (secondary N) is 1. The Bertz CT molecular complexity index is 1090. The summed E-state index contributed by atoms with van der Waals surface area (Å²) < 4.78 is 6.08. The lowest BCUT2D eigenvalue weighted by Gasteiger charge is -2.18. The van der Waals surface area contributed by atoms with Crippen LogP contribution in [0, 0.1) is 0 Å². The number of ether oxygens (including phenoxy) is 1. The van der Waals surface area contributed by atoms with E-state index in [9.17, 15) is 14.7 Å². The first kappa shape index (κ1) is 20.4. The van der Waals surface area contributed by atoms with Crippen LogP contribution in [0.5, 0.6) is 0 Å². The molecule has 7 heteroatoms. The van der Waals surface area contributed by atoms with Gasteiger partial charge in [0.1, 0.15) is 6.61 Å². The van der Waals surface area contributed by atoms with Gasteiger partial charge in [-0.3, -0.25) is 0 Å². The zero-order chi connectivity index (χ0) is 21.3. The molecule has 2 N–H and O–H groups in total. The normalized spacial score (nSPS) is 13.3. The summed E-state index contributed by atoms with van der Waals surface area (Å²) in [7, 11) is 0. The summed E-state index contributed by atoms with van der Waals surface area (Å²) in [5.74, 6) is -1.31. The summed E-state index contributed by atoms with van der Waals surface area (Å²) in [6.07, 6.45) is -0.802. The highest BCUT2D eigenvalue weighted by molar-refractivity contribution is 9.10. The second-order valence-corrected chi connectivity index (χ2v) is 8.18. The number of carboxylic acids is 1. The molecule has 3 aromatic carbocycles. The van der Waals surface area contributed by atoms with Gasteiger partial charge in [-0.15, -0.1) is 0 Å². The molecule has 1 atom stereocenters. The van der Waals surface area contributed by atoms with E-state index in [4.69, 9.17) is 16.3 Å².